The van der Waals surface area contributed by atoms with E-state index in [0.717, 1.165) is 5.56 Å². The van der Waals surface area contributed by atoms with Crippen molar-refractivity contribution in [3.8, 4) is 0 Å². The molecule has 2 aliphatic heterocycles. The summed E-state index contributed by atoms with van der Waals surface area (Å²) >= 11 is 0. The first-order valence-electron chi connectivity index (χ1n) is 7.22. The molecule has 0 spiro atoms. The molecule has 2 aliphatic rings. The van der Waals surface area contributed by atoms with Crippen LogP contribution in [0.4, 0.5) is 0 Å². The van der Waals surface area contributed by atoms with E-state index in [2.05, 4.69) is 5.48 Å². The smallest absolute Gasteiger partial charge is 0.155 e. The van der Waals surface area contributed by atoms with E-state index in [1.807, 2.05) is 37.3 Å². The normalized spacial score (nSPS) is 36.2. The zero-order chi connectivity index (χ0) is 14.7. The van der Waals surface area contributed by atoms with E-state index in [1.165, 1.54) is 0 Å². The van der Waals surface area contributed by atoms with Gasteiger partial charge in [-0.1, -0.05) is 30.3 Å². The molecule has 0 radical (unpaired) electrons. The summed E-state index contributed by atoms with van der Waals surface area (Å²) in [6, 6.07) is 9.51. The minimum atomic E-state index is -0.674. The highest BCUT2D eigenvalue weighted by Gasteiger charge is 2.44. The van der Waals surface area contributed by atoms with Crippen LogP contribution in [-0.4, -0.2) is 49.0 Å². The second kappa shape index (κ2) is 6.83. The maximum absolute atomic E-state index is 10.1. The van der Waals surface area contributed by atoms with Gasteiger partial charge < -0.3 is 19.3 Å². The molecule has 5 atom stereocenters. The predicted octanol–water partition coefficient (Wildman–Crippen LogP) is 0.597. The molecule has 0 aliphatic carbocycles. The third kappa shape index (κ3) is 3.60. The minimum absolute atomic E-state index is 0.178. The maximum atomic E-state index is 10.1. The fraction of sp³-hybridized carbons (Fsp3) is 0.600. The van der Waals surface area contributed by atoms with Crippen molar-refractivity contribution in [1.82, 2.24) is 5.48 Å². The van der Waals surface area contributed by atoms with Gasteiger partial charge in [-0.15, -0.1) is 0 Å². The van der Waals surface area contributed by atoms with Crippen molar-refractivity contribution in [1.29, 1.82) is 0 Å². The second-order valence-electron chi connectivity index (χ2n) is 5.36. The van der Waals surface area contributed by atoms with E-state index in [0.29, 0.717) is 13.2 Å². The number of hydroxylamine groups is 1. The Labute approximate surface area is 123 Å². The van der Waals surface area contributed by atoms with Gasteiger partial charge in [0, 0.05) is 0 Å². The van der Waals surface area contributed by atoms with Crippen molar-refractivity contribution in [3.63, 3.8) is 0 Å². The molecular weight excluding hydrogens is 274 g/mol. The lowest BCUT2D eigenvalue weighted by Gasteiger charge is -2.44. The van der Waals surface area contributed by atoms with Gasteiger partial charge in [0.1, 0.15) is 12.2 Å². The van der Waals surface area contributed by atoms with Crippen LogP contribution in [0.3, 0.4) is 0 Å². The lowest BCUT2D eigenvalue weighted by Crippen LogP contribution is -2.63. The number of hydrogen-bond acceptors (Lipinski definition) is 6. The fourth-order valence-corrected chi connectivity index (χ4v) is 2.62. The van der Waals surface area contributed by atoms with Gasteiger partial charge in [-0.3, -0.25) is 4.84 Å². The molecule has 2 saturated heterocycles. The summed E-state index contributed by atoms with van der Waals surface area (Å²) in [5.74, 6) is 0. The molecule has 2 N–H and O–H groups in total. The van der Waals surface area contributed by atoms with Gasteiger partial charge in [-0.2, -0.15) is 5.48 Å². The zero-order valence-corrected chi connectivity index (χ0v) is 12.0. The van der Waals surface area contributed by atoms with Crippen LogP contribution in [0.15, 0.2) is 30.3 Å². The average molecular weight is 295 g/mol. The third-order valence-electron chi connectivity index (χ3n) is 3.76. The standard InChI is InChI=1S/C15H21NO5/c1-10-18-9-13-15(21-10)14(12(17)8-19-13)16-20-7-11-5-3-2-4-6-11/h2-6,10,12-17H,7-9H2,1H3/t10-,12-,13-,14+,15-/m1/s1. The summed E-state index contributed by atoms with van der Waals surface area (Å²) in [5.41, 5.74) is 3.99. The first-order valence-corrected chi connectivity index (χ1v) is 7.22. The number of aliphatic hydroxyl groups excluding tert-OH is 1. The minimum Gasteiger partial charge on any atom is -0.389 e. The summed E-state index contributed by atoms with van der Waals surface area (Å²) < 4.78 is 16.7. The SMILES string of the molecule is C[C@@H]1OC[C@H]2OC[C@@H](O)[C@H](NOCc3ccccc3)[C@@H]2O1. The first-order chi connectivity index (χ1) is 10.2. The molecule has 116 valence electrons. The monoisotopic (exact) mass is 295 g/mol. The van der Waals surface area contributed by atoms with Gasteiger partial charge in [-0.05, 0) is 12.5 Å². The number of nitrogens with one attached hydrogen (secondary N) is 1. The van der Waals surface area contributed by atoms with E-state index in [-0.39, 0.29) is 31.1 Å². The highest BCUT2D eigenvalue weighted by molar-refractivity contribution is 5.13. The molecule has 1 aromatic carbocycles. The van der Waals surface area contributed by atoms with Crippen LogP contribution in [-0.2, 0) is 25.7 Å². The van der Waals surface area contributed by atoms with Crippen LogP contribution < -0.4 is 5.48 Å². The molecule has 0 amide bonds. The molecular formula is C15H21NO5. The van der Waals surface area contributed by atoms with E-state index >= 15 is 0 Å². The van der Waals surface area contributed by atoms with Crippen molar-refractivity contribution in [2.45, 2.75) is 44.2 Å². The van der Waals surface area contributed by atoms with Gasteiger partial charge in [0.05, 0.1) is 32.0 Å². The number of benzene rings is 1. The molecule has 6 heteroatoms. The Morgan fingerprint density at radius 2 is 2.05 bits per heavy atom. The molecule has 3 rings (SSSR count). The van der Waals surface area contributed by atoms with Crippen LogP contribution in [0.25, 0.3) is 0 Å². The molecule has 2 heterocycles. The number of rotatable bonds is 4. The fourth-order valence-electron chi connectivity index (χ4n) is 2.62. The average Bonchev–Trinajstić information content (AvgIpc) is 2.50. The predicted molar refractivity (Wildman–Crippen MR) is 74.2 cm³/mol. The summed E-state index contributed by atoms with van der Waals surface area (Å²) in [5, 5.41) is 10.1. The van der Waals surface area contributed by atoms with E-state index in [1.54, 1.807) is 0 Å². The Morgan fingerprint density at radius 3 is 2.86 bits per heavy atom. The largest absolute Gasteiger partial charge is 0.389 e. The van der Waals surface area contributed by atoms with E-state index in [9.17, 15) is 5.11 Å². The quantitative estimate of drug-likeness (QED) is 0.793. The Hall–Kier alpha value is -1.02. The van der Waals surface area contributed by atoms with E-state index < -0.39 is 6.10 Å². The van der Waals surface area contributed by atoms with Crippen LogP contribution >= 0.6 is 0 Å². The molecule has 1 aromatic rings. The molecule has 0 saturated carbocycles. The van der Waals surface area contributed by atoms with Gasteiger partial charge in [-0.25, -0.2) is 0 Å². The van der Waals surface area contributed by atoms with Gasteiger partial charge >= 0.3 is 0 Å². The van der Waals surface area contributed by atoms with Crippen molar-refractivity contribution in [2.24, 2.45) is 0 Å². The highest BCUT2D eigenvalue weighted by atomic mass is 16.7. The van der Waals surface area contributed by atoms with Gasteiger partial charge in [0.15, 0.2) is 6.29 Å². The van der Waals surface area contributed by atoms with Crippen LogP contribution in [0.1, 0.15) is 12.5 Å². The Kier molecular flexibility index (Phi) is 4.84. The number of fused-ring (bicyclic) bond motifs is 1. The summed E-state index contributed by atoms with van der Waals surface area (Å²) in [7, 11) is 0. The summed E-state index contributed by atoms with van der Waals surface area (Å²) in [6.45, 7) is 2.97. The topological polar surface area (TPSA) is 69.2 Å². The second-order valence-corrected chi connectivity index (χ2v) is 5.36. The van der Waals surface area contributed by atoms with Gasteiger partial charge in [0.25, 0.3) is 0 Å². The molecule has 2 fully saturated rings. The molecule has 0 bridgehead atoms. The number of ether oxygens (including phenoxy) is 3. The summed E-state index contributed by atoms with van der Waals surface area (Å²) in [4.78, 5) is 5.53. The Balaban J connectivity index is 1.56. The van der Waals surface area contributed by atoms with Crippen LogP contribution in [0.5, 0.6) is 0 Å². The number of aliphatic hydroxyl groups is 1. The van der Waals surface area contributed by atoms with Crippen molar-refractivity contribution < 1.29 is 24.2 Å². The lowest BCUT2D eigenvalue weighted by atomic mass is 9.97. The third-order valence-corrected chi connectivity index (χ3v) is 3.76. The Morgan fingerprint density at radius 1 is 1.24 bits per heavy atom. The zero-order valence-electron chi connectivity index (χ0n) is 12.0. The van der Waals surface area contributed by atoms with Gasteiger partial charge in [0.2, 0.25) is 0 Å². The van der Waals surface area contributed by atoms with Crippen molar-refractivity contribution >= 4 is 0 Å². The molecule has 0 unspecified atom stereocenters. The first kappa shape index (κ1) is 14.9. The molecule has 21 heavy (non-hydrogen) atoms. The molecule has 6 nitrogen and oxygen atoms in total. The van der Waals surface area contributed by atoms with E-state index in [4.69, 9.17) is 19.0 Å². The lowest BCUT2D eigenvalue weighted by molar-refractivity contribution is -0.294. The Bertz CT molecular complexity index is 441. The highest BCUT2D eigenvalue weighted by Crippen LogP contribution is 2.25. The maximum Gasteiger partial charge on any atom is 0.155 e. The number of hydrogen-bond donors (Lipinski definition) is 2. The molecule has 0 aromatic heterocycles. The van der Waals surface area contributed by atoms with Crippen molar-refractivity contribution in [3.05, 3.63) is 35.9 Å². The summed E-state index contributed by atoms with van der Waals surface area (Å²) in [6.07, 6.45) is -1.44. The van der Waals surface area contributed by atoms with Crippen molar-refractivity contribution in [2.75, 3.05) is 13.2 Å². The van der Waals surface area contributed by atoms with Crippen LogP contribution in [0.2, 0.25) is 0 Å². The van der Waals surface area contributed by atoms with Crippen LogP contribution in [0, 0.1) is 0 Å².